The number of carbonyl (C=O) groups excluding carboxylic acids is 1. The van der Waals surface area contributed by atoms with Gasteiger partial charge in [0.1, 0.15) is 12.4 Å². The molecule has 2 aromatic rings. The molecule has 2 aliphatic heterocycles. The summed E-state index contributed by atoms with van der Waals surface area (Å²) in [5.74, 6) is 1.01. The molecule has 2 fully saturated rings. The highest BCUT2D eigenvalue weighted by Gasteiger charge is 2.34. The second kappa shape index (κ2) is 8.96. The summed E-state index contributed by atoms with van der Waals surface area (Å²) in [6.07, 6.45) is 0.692. The maximum absolute atomic E-state index is 13.1. The summed E-state index contributed by atoms with van der Waals surface area (Å²) in [6.45, 7) is 2.91. The Kier molecular flexibility index (Phi) is 6.32. The molecular weight excluding hydrogens is 424 g/mol. The second-order valence-corrected chi connectivity index (χ2v) is 10.5. The lowest BCUT2D eigenvalue weighted by Crippen LogP contribution is -2.52. The van der Waals surface area contributed by atoms with E-state index in [0.717, 1.165) is 5.56 Å². The van der Waals surface area contributed by atoms with Gasteiger partial charge in [0.25, 0.3) is 5.91 Å². The van der Waals surface area contributed by atoms with Crippen LogP contribution in [0.1, 0.15) is 22.3 Å². The van der Waals surface area contributed by atoms with Crippen LogP contribution in [0.3, 0.4) is 0 Å². The van der Waals surface area contributed by atoms with Gasteiger partial charge >= 0.3 is 0 Å². The second-order valence-electron chi connectivity index (χ2n) is 7.80. The van der Waals surface area contributed by atoms with Crippen molar-refractivity contribution in [2.75, 3.05) is 37.7 Å². The van der Waals surface area contributed by atoms with Crippen molar-refractivity contribution >= 4 is 27.3 Å². The van der Waals surface area contributed by atoms with Crippen LogP contribution in [0.15, 0.2) is 48.5 Å². The lowest BCUT2D eigenvalue weighted by molar-refractivity contribution is 0.0583. The number of sulfone groups is 1. The van der Waals surface area contributed by atoms with Gasteiger partial charge in [0.15, 0.2) is 9.84 Å². The van der Waals surface area contributed by atoms with E-state index in [0.29, 0.717) is 55.5 Å². The Balaban J connectivity index is 1.37. The molecule has 6 nitrogen and oxygen atoms in total. The van der Waals surface area contributed by atoms with Crippen molar-refractivity contribution in [3.63, 3.8) is 0 Å². The van der Waals surface area contributed by atoms with Gasteiger partial charge in [-0.25, -0.2) is 8.42 Å². The van der Waals surface area contributed by atoms with E-state index in [1.165, 1.54) is 0 Å². The first-order valence-corrected chi connectivity index (χ1v) is 12.3. The van der Waals surface area contributed by atoms with Crippen molar-refractivity contribution in [1.29, 1.82) is 0 Å². The van der Waals surface area contributed by atoms with Gasteiger partial charge in [0.05, 0.1) is 17.1 Å². The standard InChI is InChI=1S/C22H25ClN2O4S/c23-18-7-5-17(6-8-18)15-29-21-4-2-1-3-20(21)22(26)25-12-10-24(11-13-25)19-9-14-30(27,28)16-19/h1-8,19H,9-16H2/t19-/m0/s1. The number of amides is 1. The van der Waals surface area contributed by atoms with Crippen LogP contribution in [0.5, 0.6) is 5.75 Å². The molecule has 0 aliphatic carbocycles. The zero-order valence-corrected chi connectivity index (χ0v) is 18.2. The zero-order valence-electron chi connectivity index (χ0n) is 16.7. The van der Waals surface area contributed by atoms with E-state index in [1.54, 1.807) is 6.07 Å². The van der Waals surface area contributed by atoms with Crippen LogP contribution in [0.2, 0.25) is 5.02 Å². The Morgan fingerprint density at radius 1 is 1.03 bits per heavy atom. The van der Waals surface area contributed by atoms with Crippen LogP contribution in [0, 0.1) is 0 Å². The van der Waals surface area contributed by atoms with E-state index in [4.69, 9.17) is 16.3 Å². The summed E-state index contributed by atoms with van der Waals surface area (Å²) >= 11 is 5.92. The molecule has 30 heavy (non-hydrogen) atoms. The average molecular weight is 449 g/mol. The molecule has 2 aliphatic rings. The van der Waals surface area contributed by atoms with Crippen LogP contribution in [-0.2, 0) is 16.4 Å². The van der Waals surface area contributed by atoms with E-state index in [9.17, 15) is 13.2 Å². The zero-order chi connectivity index (χ0) is 21.1. The van der Waals surface area contributed by atoms with Crippen LogP contribution < -0.4 is 4.74 Å². The molecule has 2 aromatic carbocycles. The fourth-order valence-corrected chi connectivity index (χ4v) is 5.92. The molecule has 8 heteroatoms. The van der Waals surface area contributed by atoms with Gasteiger partial charge in [-0.3, -0.25) is 9.69 Å². The number of hydrogen-bond donors (Lipinski definition) is 0. The fourth-order valence-electron chi connectivity index (χ4n) is 4.03. The summed E-state index contributed by atoms with van der Waals surface area (Å²) in [5.41, 5.74) is 1.52. The number of piperazine rings is 1. The van der Waals surface area contributed by atoms with Crippen molar-refractivity contribution in [2.24, 2.45) is 0 Å². The summed E-state index contributed by atoms with van der Waals surface area (Å²) in [4.78, 5) is 17.2. The first-order chi connectivity index (χ1) is 14.4. The number of halogens is 1. The number of ether oxygens (including phenoxy) is 1. The molecule has 4 rings (SSSR count). The van der Waals surface area contributed by atoms with E-state index < -0.39 is 9.84 Å². The van der Waals surface area contributed by atoms with Crippen molar-refractivity contribution in [1.82, 2.24) is 9.80 Å². The maximum Gasteiger partial charge on any atom is 0.257 e. The van der Waals surface area contributed by atoms with Gasteiger partial charge in [0, 0.05) is 37.2 Å². The molecule has 2 saturated heterocycles. The van der Waals surface area contributed by atoms with Crippen molar-refractivity contribution in [2.45, 2.75) is 19.1 Å². The SMILES string of the molecule is O=C(c1ccccc1OCc1ccc(Cl)cc1)N1CCN([C@H]2CCS(=O)(=O)C2)CC1. The predicted octanol–water partition coefficient (Wildman–Crippen LogP) is 2.86. The van der Waals surface area contributed by atoms with Crippen LogP contribution in [0.4, 0.5) is 0 Å². The number of carbonyl (C=O) groups is 1. The van der Waals surface area contributed by atoms with Crippen molar-refractivity contribution in [3.8, 4) is 5.75 Å². The maximum atomic E-state index is 13.1. The molecule has 0 unspecified atom stereocenters. The quantitative estimate of drug-likeness (QED) is 0.703. The van der Waals surface area contributed by atoms with Gasteiger partial charge in [-0.05, 0) is 36.2 Å². The largest absolute Gasteiger partial charge is 0.488 e. The Morgan fingerprint density at radius 2 is 1.73 bits per heavy atom. The highest BCUT2D eigenvalue weighted by molar-refractivity contribution is 7.91. The van der Waals surface area contributed by atoms with Gasteiger partial charge in [0.2, 0.25) is 0 Å². The molecule has 0 spiro atoms. The van der Waals surface area contributed by atoms with Gasteiger partial charge in [-0.1, -0.05) is 35.9 Å². The Morgan fingerprint density at radius 3 is 2.40 bits per heavy atom. The van der Waals surface area contributed by atoms with Crippen molar-refractivity contribution in [3.05, 3.63) is 64.7 Å². The number of benzene rings is 2. The summed E-state index contributed by atoms with van der Waals surface area (Å²) in [6, 6.07) is 14.8. The molecule has 1 atom stereocenters. The van der Waals surface area contributed by atoms with E-state index in [2.05, 4.69) is 4.90 Å². The third kappa shape index (κ3) is 4.96. The Hall–Kier alpha value is -2.09. The molecule has 0 aromatic heterocycles. The smallest absolute Gasteiger partial charge is 0.257 e. The third-order valence-corrected chi connectivity index (χ3v) is 7.75. The number of nitrogens with zero attached hydrogens (tertiary/aromatic N) is 2. The summed E-state index contributed by atoms with van der Waals surface area (Å²) in [7, 11) is -2.90. The molecule has 0 bridgehead atoms. The van der Waals surface area contributed by atoms with Crippen LogP contribution >= 0.6 is 11.6 Å². The number of hydrogen-bond acceptors (Lipinski definition) is 5. The minimum atomic E-state index is -2.90. The molecule has 0 saturated carbocycles. The highest BCUT2D eigenvalue weighted by atomic mass is 35.5. The summed E-state index contributed by atoms with van der Waals surface area (Å²) < 4.78 is 29.4. The molecule has 2 heterocycles. The van der Waals surface area contributed by atoms with Crippen LogP contribution in [-0.4, -0.2) is 67.9 Å². The predicted molar refractivity (Wildman–Crippen MR) is 117 cm³/mol. The molecule has 0 N–H and O–H groups in total. The lowest BCUT2D eigenvalue weighted by Gasteiger charge is -2.37. The monoisotopic (exact) mass is 448 g/mol. The normalized spacial score (nSPS) is 21.5. The molecule has 0 radical (unpaired) electrons. The van der Waals surface area contributed by atoms with E-state index in [1.807, 2.05) is 47.4 Å². The minimum absolute atomic E-state index is 0.0552. The number of rotatable bonds is 5. The first-order valence-electron chi connectivity index (χ1n) is 10.1. The Bertz CT molecular complexity index is 1000. The highest BCUT2D eigenvalue weighted by Crippen LogP contribution is 2.24. The number of para-hydroxylation sites is 1. The van der Waals surface area contributed by atoms with Crippen molar-refractivity contribution < 1.29 is 17.9 Å². The van der Waals surface area contributed by atoms with Gasteiger partial charge in [-0.15, -0.1) is 0 Å². The lowest BCUT2D eigenvalue weighted by atomic mass is 10.1. The Labute approximate surface area is 182 Å². The molecule has 1 amide bonds. The third-order valence-electron chi connectivity index (χ3n) is 5.75. The minimum Gasteiger partial charge on any atom is -0.488 e. The van der Waals surface area contributed by atoms with Gasteiger partial charge in [-0.2, -0.15) is 0 Å². The summed E-state index contributed by atoms with van der Waals surface area (Å²) in [5, 5.41) is 0.670. The average Bonchev–Trinajstić information content (AvgIpc) is 3.13. The molecular formula is C22H25ClN2O4S. The van der Waals surface area contributed by atoms with Gasteiger partial charge < -0.3 is 9.64 Å². The topological polar surface area (TPSA) is 66.9 Å². The van der Waals surface area contributed by atoms with E-state index >= 15 is 0 Å². The first kappa shape index (κ1) is 21.2. The van der Waals surface area contributed by atoms with E-state index in [-0.39, 0.29) is 23.5 Å². The molecule has 160 valence electrons. The fraction of sp³-hybridized carbons (Fsp3) is 0.409. The van der Waals surface area contributed by atoms with Crippen LogP contribution in [0.25, 0.3) is 0 Å².